The Labute approximate surface area is 121 Å². The minimum atomic E-state index is -0.0844. The van der Waals surface area contributed by atoms with Crippen molar-refractivity contribution in [1.82, 2.24) is 10.3 Å². The van der Waals surface area contributed by atoms with Crippen molar-refractivity contribution in [2.45, 2.75) is 20.4 Å². The molecule has 1 amide bonds. The molecule has 1 heterocycles. The van der Waals surface area contributed by atoms with Crippen molar-refractivity contribution in [3.05, 3.63) is 63.4 Å². The van der Waals surface area contributed by atoms with Gasteiger partial charge in [-0.1, -0.05) is 11.6 Å². The van der Waals surface area contributed by atoms with Crippen molar-refractivity contribution in [2.75, 3.05) is 0 Å². The van der Waals surface area contributed by atoms with Gasteiger partial charge in [0.15, 0.2) is 0 Å². The average Bonchev–Trinajstić information content (AvgIpc) is 2.40. The van der Waals surface area contributed by atoms with Gasteiger partial charge in [-0.05, 0) is 59.1 Å². The summed E-state index contributed by atoms with van der Waals surface area (Å²) in [5.41, 5.74) is 3.87. The molecule has 2 aromatic rings. The Morgan fingerprint density at radius 1 is 1.32 bits per heavy atom. The first-order valence-corrected chi connectivity index (χ1v) is 6.81. The van der Waals surface area contributed by atoms with Crippen LogP contribution in [-0.4, -0.2) is 10.9 Å². The highest BCUT2D eigenvalue weighted by molar-refractivity contribution is 9.10. The number of nitrogens with one attached hydrogen (secondary N) is 1. The molecule has 2 rings (SSSR count). The highest BCUT2D eigenvalue weighted by Crippen LogP contribution is 2.18. The molecule has 3 nitrogen and oxygen atoms in total. The quantitative estimate of drug-likeness (QED) is 0.942. The largest absolute Gasteiger partial charge is 0.348 e. The van der Waals surface area contributed by atoms with Crippen LogP contribution in [0.15, 0.2) is 41.1 Å². The maximum Gasteiger partial charge on any atom is 0.252 e. The number of carbonyl (C=O) groups is 1. The van der Waals surface area contributed by atoms with Crippen LogP contribution < -0.4 is 5.32 Å². The summed E-state index contributed by atoms with van der Waals surface area (Å²) in [4.78, 5) is 16.2. The maximum absolute atomic E-state index is 12.1. The molecule has 0 radical (unpaired) electrons. The molecule has 0 atom stereocenters. The number of aryl methyl sites for hydroxylation is 2. The average molecular weight is 319 g/mol. The fraction of sp³-hybridized carbons (Fsp3) is 0.200. The number of hydrogen-bond donors (Lipinski definition) is 1. The topological polar surface area (TPSA) is 42.0 Å². The second-order valence-electron chi connectivity index (χ2n) is 4.47. The molecule has 1 aromatic carbocycles. The minimum absolute atomic E-state index is 0.0844. The lowest BCUT2D eigenvalue weighted by molar-refractivity contribution is 0.0950. The number of hydrogen-bond acceptors (Lipinski definition) is 2. The lowest BCUT2D eigenvalue weighted by Gasteiger charge is -2.09. The molecule has 1 aromatic heterocycles. The van der Waals surface area contributed by atoms with Gasteiger partial charge in [-0.3, -0.25) is 9.78 Å². The molecular weight excluding hydrogens is 304 g/mol. The Hall–Kier alpha value is -1.68. The van der Waals surface area contributed by atoms with Gasteiger partial charge < -0.3 is 5.32 Å². The number of benzene rings is 1. The lowest BCUT2D eigenvalue weighted by atomic mass is 10.1. The predicted molar refractivity (Wildman–Crippen MR) is 79.0 cm³/mol. The SMILES string of the molecule is Cc1ccc(Br)c(C(=O)NCc2cnccc2C)c1. The highest BCUT2D eigenvalue weighted by Gasteiger charge is 2.10. The van der Waals surface area contributed by atoms with Crippen molar-refractivity contribution in [3.8, 4) is 0 Å². The van der Waals surface area contributed by atoms with E-state index in [4.69, 9.17) is 0 Å². The molecule has 0 bridgehead atoms. The molecular formula is C15H15BrN2O. The zero-order valence-electron chi connectivity index (χ0n) is 10.9. The molecule has 4 heteroatoms. The van der Waals surface area contributed by atoms with Crippen molar-refractivity contribution in [1.29, 1.82) is 0 Å². The molecule has 0 saturated carbocycles. The Bertz CT molecular complexity index is 611. The van der Waals surface area contributed by atoms with E-state index in [0.717, 1.165) is 21.2 Å². The van der Waals surface area contributed by atoms with Crippen molar-refractivity contribution < 1.29 is 4.79 Å². The molecule has 1 N–H and O–H groups in total. The van der Waals surface area contributed by atoms with Gasteiger partial charge in [0.2, 0.25) is 0 Å². The van der Waals surface area contributed by atoms with E-state index in [1.54, 1.807) is 12.4 Å². The molecule has 0 unspecified atom stereocenters. The summed E-state index contributed by atoms with van der Waals surface area (Å²) >= 11 is 3.40. The second kappa shape index (κ2) is 5.97. The minimum Gasteiger partial charge on any atom is -0.348 e. The maximum atomic E-state index is 12.1. The van der Waals surface area contributed by atoms with E-state index >= 15 is 0 Å². The zero-order chi connectivity index (χ0) is 13.8. The summed E-state index contributed by atoms with van der Waals surface area (Å²) < 4.78 is 0.804. The molecule has 0 aliphatic heterocycles. The van der Waals surface area contributed by atoms with Crippen LogP contribution in [0.3, 0.4) is 0 Å². The molecule has 0 aliphatic carbocycles. The lowest BCUT2D eigenvalue weighted by Crippen LogP contribution is -2.23. The Morgan fingerprint density at radius 3 is 2.84 bits per heavy atom. The summed E-state index contributed by atoms with van der Waals surface area (Å²) in [6, 6.07) is 7.66. The predicted octanol–water partition coefficient (Wildman–Crippen LogP) is 3.39. The molecule has 0 spiro atoms. The smallest absolute Gasteiger partial charge is 0.252 e. The van der Waals surface area contributed by atoms with Crippen LogP contribution in [0, 0.1) is 13.8 Å². The number of pyridine rings is 1. The second-order valence-corrected chi connectivity index (χ2v) is 5.32. The van der Waals surface area contributed by atoms with Gasteiger partial charge in [0, 0.05) is 23.4 Å². The van der Waals surface area contributed by atoms with Crippen molar-refractivity contribution in [3.63, 3.8) is 0 Å². The van der Waals surface area contributed by atoms with Crippen molar-refractivity contribution in [2.24, 2.45) is 0 Å². The third kappa shape index (κ3) is 3.41. The van der Waals surface area contributed by atoms with Gasteiger partial charge >= 0.3 is 0 Å². The van der Waals surface area contributed by atoms with Crippen LogP contribution in [0.25, 0.3) is 0 Å². The molecule has 0 aliphatic rings. The first-order chi connectivity index (χ1) is 9.08. The van der Waals surface area contributed by atoms with Gasteiger partial charge in [-0.25, -0.2) is 0 Å². The number of rotatable bonds is 3. The third-order valence-corrected chi connectivity index (χ3v) is 3.64. The van der Waals surface area contributed by atoms with E-state index in [-0.39, 0.29) is 5.91 Å². The van der Waals surface area contributed by atoms with Crippen LogP contribution in [0.4, 0.5) is 0 Å². The Balaban J connectivity index is 2.10. The number of halogens is 1. The number of carbonyl (C=O) groups excluding carboxylic acids is 1. The molecule has 98 valence electrons. The van der Waals surface area contributed by atoms with E-state index in [1.807, 2.05) is 38.1 Å². The van der Waals surface area contributed by atoms with Crippen molar-refractivity contribution >= 4 is 21.8 Å². The van der Waals surface area contributed by atoms with E-state index in [9.17, 15) is 4.79 Å². The first-order valence-electron chi connectivity index (χ1n) is 6.02. The molecule has 19 heavy (non-hydrogen) atoms. The monoisotopic (exact) mass is 318 g/mol. The fourth-order valence-electron chi connectivity index (χ4n) is 1.77. The van der Waals surface area contributed by atoms with Crippen LogP contribution in [0.2, 0.25) is 0 Å². The Morgan fingerprint density at radius 2 is 2.11 bits per heavy atom. The Kier molecular flexibility index (Phi) is 4.32. The van der Waals surface area contributed by atoms with Gasteiger partial charge in [0.05, 0.1) is 5.56 Å². The van der Waals surface area contributed by atoms with Gasteiger partial charge in [0.1, 0.15) is 0 Å². The van der Waals surface area contributed by atoms with Gasteiger partial charge in [-0.15, -0.1) is 0 Å². The van der Waals surface area contributed by atoms with Crippen LogP contribution >= 0.6 is 15.9 Å². The standard InChI is InChI=1S/C15H15BrN2O/c1-10-3-4-14(16)13(7-10)15(19)18-9-12-8-17-6-5-11(12)2/h3-8H,9H2,1-2H3,(H,18,19). The van der Waals surface area contributed by atoms with Gasteiger partial charge in [0.25, 0.3) is 5.91 Å². The van der Waals surface area contributed by atoms with E-state index in [2.05, 4.69) is 26.2 Å². The summed E-state index contributed by atoms with van der Waals surface area (Å²) in [7, 11) is 0. The number of aromatic nitrogens is 1. The first kappa shape index (κ1) is 13.7. The van der Waals surface area contributed by atoms with Crippen LogP contribution in [0.1, 0.15) is 27.0 Å². The van der Waals surface area contributed by atoms with E-state index in [1.165, 1.54) is 0 Å². The van der Waals surface area contributed by atoms with E-state index < -0.39 is 0 Å². The number of nitrogens with zero attached hydrogens (tertiary/aromatic N) is 1. The van der Waals surface area contributed by atoms with Crippen LogP contribution in [-0.2, 0) is 6.54 Å². The normalized spacial score (nSPS) is 10.3. The number of amides is 1. The summed E-state index contributed by atoms with van der Waals surface area (Å²) in [5.74, 6) is -0.0844. The van der Waals surface area contributed by atoms with Crippen LogP contribution in [0.5, 0.6) is 0 Å². The zero-order valence-corrected chi connectivity index (χ0v) is 12.5. The molecule has 0 saturated heterocycles. The summed E-state index contributed by atoms with van der Waals surface area (Å²) in [5, 5.41) is 2.92. The highest BCUT2D eigenvalue weighted by atomic mass is 79.9. The summed E-state index contributed by atoms with van der Waals surface area (Å²) in [6.45, 7) is 4.46. The summed E-state index contributed by atoms with van der Waals surface area (Å²) in [6.07, 6.45) is 3.53. The molecule has 0 fully saturated rings. The fourth-order valence-corrected chi connectivity index (χ4v) is 2.19. The van der Waals surface area contributed by atoms with Gasteiger partial charge in [-0.2, -0.15) is 0 Å². The van der Waals surface area contributed by atoms with E-state index in [0.29, 0.717) is 12.1 Å². The third-order valence-electron chi connectivity index (χ3n) is 2.95.